The molecule has 1 aliphatic heterocycles. The van der Waals surface area contributed by atoms with Crippen LogP contribution >= 0.6 is 0 Å². The van der Waals surface area contributed by atoms with Crippen molar-refractivity contribution in [3.8, 4) is 0 Å². The van der Waals surface area contributed by atoms with Gasteiger partial charge >= 0.3 is 5.82 Å². The molecule has 0 aromatic carbocycles. The number of hydrogen-bond acceptors (Lipinski definition) is 5. The summed E-state index contributed by atoms with van der Waals surface area (Å²) in [6.07, 6.45) is 1.57. The van der Waals surface area contributed by atoms with Crippen molar-refractivity contribution >= 4 is 11.5 Å². The van der Waals surface area contributed by atoms with E-state index in [0.29, 0.717) is 16.7 Å². The van der Waals surface area contributed by atoms with Crippen molar-refractivity contribution in [3.05, 3.63) is 18.3 Å². The summed E-state index contributed by atoms with van der Waals surface area (Å²) in [7, 11) is 0. The lowest BCUT2D eigenvalue weighted by atomic mass is 10.4. The predicted molar refractivity (Wildman–Crippen MR) is 32.3 cm³/mol. The summed E-state index contributed by atoms with van der Waals surface area (Å²) in [6, 6.07) is 3.46. The average Bonchev–Trinajstić information content (AvgIpc) is 2.34. The van der Waals surface area contributed by atoms with E-state index in [2.05, 4.69) is 15.3 Å². The fraction of sp³-hybridized carbons (Fsp3) is 0. The molecule has 1 aromatic heterocycles. The summed E-state index contributed by atoms with van der Waals surface area (Å²) in [4.78, 5) is 3.83. The standard InChI is InChI=1S/C5H4N4O/c10-9-5-4(7-8-9)2-1-3-6-5/h1-3,10H/q+1. The van der Waals surface area contributed by atoms with Crippen molar-refractivity contribution in [3.63, 3.8) is 0 Å². The summed E-state index contributed by atoms with van der Waals surface area (Å²) in [5.41, 5.74) is 0.588. The summed E-state index contributed by atoms with van der Waals surface area (Å²) in [6.45, 7) is 0. The first-order valence-electron chi connectivity index (χ1n) is 2.73. The summed E-state index contributed by atoms with van der Waals surface area (Å²) < 4.78 is 0. The Bertz CT molecular complexity index is 285. The largest absolute Gasteiger partial charge is 0.378 e. The molecule has 1 aliphatic rings. The van der Waals surface area contributed by atoms with Gasteiger partial charge in [0.15, 0.2) is 5.69 Å². The van der Waals surface area contributed by atoms with E-state index in [9.17, 15) is 0 Å². The first kappa shape index (κ1) is 5.45. The molecule has 0 saturated carbocycles. The van der Waals surface area contributed by atoms with E-state index in [1.165, 1.54) is 0 Å². The van der Waals surface area contributed by atoms with Gasteiger partial charge in [-0.2, -0.15) is 4.98 Å². The molecule has 49 valence electrons. The lowest BCUT2D eigenvalue weighted by Gasteiger charge is -1.84. The topological polar surface area (TPSA) is 63.7 Å². The van der Waals surface area contributed by atoms with Crippen LogP contribution in [0.1, 0.15) is 0 Å². The number of anilines is 1. The Morgan fingerprint density at radius 2 is 2.40 bits per heavy atom. The smallest absolute Gasteiger partial charge is 0.193 e. The van der Waals surface area contributed by atoms with E-state index in [1.807, 2.05) is 0 Å². The second-order valence-electron chi connectivity index (χ2n) is 1.83. The van der Waals surface area contributed by atoms with E-state index in [4.69, 9.17) is 5.21 Å². The van der Waals surface area contributed by atoms with Crippen LogP contribution in [0.5, 0.6) is 0 Å². The first-order valence-corrected chi connectivity index (χ1v) is 2.73. The highest BCUT2D eigenvalue weighted by molar-refractivity contribution is 5.56. The molecular formula is C5H4N4O+. The summed E-state index contributed by atoms with van der Waals surface area (Å²) in [5, 5.41) is 16.5. The van der Waals surface area contributed by atoms with Crippen molar-refractivity contribution in [1.82, 2.24) is 10.2 Å². The molecule has 2 heterocycles. The molecule has 10 heavy (non-hydrogen) atoms. The third-order valence-electron chi connectivity index (χ3n) is 1.19. The Labute approximate surface area is 56.6 Å². The average molecular weight is 136 g/mol. The minimum absolute atomic E-state index is 0.377. The molecule has 0 amide bonds. The summed E-state index contributed by atoms with van der Waals surface area (Å²) in [5.74, 6) is 0.377. The Balaban J connectivity index is 2.59. The van der Waals surface area contributed by atoms with Crippen molar-refractivity contribution in [2.45, 2.75) is 0 Å². The normalized spacial score (nSPS) is 15.7. The van der Waals surface area contributed by atoms with Gasteiger partial charge in [0, 0.05) is 6.20 Å². The Morgan fingerprint density at radius 3 is 3.20 bits per heavy atom. The van der Waals surface area contributed by atoms with Gasteiger partial charge in [-0.05, 0) is 12.1 Å². The highest BCUT2D eigenvalue weighted by Crippen LogP contribution is 2.29. The maximum Gasteiger partial charge on any atom is 0.378 e. The third-order valence-corrected chi connectivity index (χ3v) is 1.19. The Hall–Kier alpha value is -1.33. The van der Waals surface area contributed by atoms with Crippen LogP contribution in [0.15, 0.2) is 28.7 Å². The SMILES string of the molecule is O[N+]1N=Nc2cccnc21. The number of hydrogen-bond donors (Lipinski definition) is 1. The van der Waals surface area contributed by atoms with Gasteiger partial charge in [0.2, 0.25) is 5.17 Å². The fourth-order valence-corrected chi connectivity index (χ4v) is 0.754. The second kappa shape index (κ2) is 1.83. The van der Waals surface area contributed by atoms with Crippen LogP contribution in [0.4, 0.5) is 11.5 Å². The maximum atomic E-state index is 8.89. The van der Waals surface area contributed by atoms with Gasteiger partial charge < -0.3 is 0 Å². The van der Waals surface area contributed by atoms with Crippen LogP contribution in [0, 0.1) is 0 Å². The highest BCUT2D eigenvalue weighted by Gasteiger charge is 2.30. The quantitative estimate of drug-likeness (QED) is 0.545. The lowest BCUT2D eigenvalue weighted by Crippen LogP contribution is -2.07. The molecule has 0 saturated heterocycles. The van der Waals surface area contributed by atoms with E-state index < -0.39 is 0 Å². The molecule has 1 aromatic rings. The zero-order valence-electron chi connectivity index (χ0n) is 4.97. The van der Waals surface area contributed by atoms with Crippen LogP contribution in [0.2, 0.25) is 0 Å². The van der Waals surface area contributed by atoms with Gasteiger partial charge in [-0.3, -0.25) is 0 Å². The predicted octanol–water partition coefficient (Wildman–Crippen LogP) is 1.25. The van der Waals surface area contributed by atoms with E-state index >= 15 is 0 Å². The summed E-state index contributed by atoms with van der Waals surface area (Å²) >= 11 is 0. The van der Waals surface area contributed by atoms with Gasteiger partial charge in [0.25, 0.3) is 0 Å². The second-order valence-corrected chi connectivity index (χ2v) is 1.83. The molecule has 0 atom stereocenters. The zero-order valence-corrected chi connectivity index (χ0v) is 4.97. The molecule has 0 bridgehead atoms. The van der Waals surface area contributed by atoms with Gasteiger partial charge in [0.05, 0.1) is 0 Å². The first-order chi connectivity index (χ1) is 4.88. The number of nitrogens with zero attached hydrogens (tertiary/aromatic N) is 4. The van der Waals surface area contributed by atoms with Crippen molar-refractivity contribution in [2.24, 2.45) is 10.3 Å². The Morgan fingerprint density at radius 1 is 1.50 bits per heavy atom. The molecule has 5 heteroatoms. The van der Waals surface area contributed by atoms with Crippen molar-refractivity contribution < 1.29 is 5.21 Å². The van der Waals surface area contributed by atoms with Gasteiger partial charge in [0.1, 0.15) is 5.22 Å². The van der Waals surface area contributed by atoms with E-state index in [-0.39, 0.29) is 0 Å². The van der Waals surface area contributed by atoms with E-state index in [0.717, 1.165) is 0 Å². The van der Waals surface area contributed by atoms with E-state index in [1.54, 1.807) is 18.3 Å². The zero-order chi connectivity index (χ0) is 6.97. The van der Waals surface area contributed by atoms with Gasteiger partial charge in [-0.1, -0.05) is 5.11 Å². The van der Waals surface area contributed by atoms with Crippen LogP contribution in [-0.4, -0.2) is 10.2 Å². The van der Waals surface area contributed by atoms with Crippen molar-refractivity contribution in [2.75, 3.05) is 0 Å². The minimum atomic E-state index is 0.377. The van der Waals surface area contributed by atoms with Crippen LogP contribution < -0.4 is 5.17 Å². The molecule has 0 aliphatic carbocycles. The maximum absolute atomic E-state index is 8.89. The number of pyridine rings is 1. The molecule has 1 N–H and O–H groups in total. The number of fused-ring (bicyclic) bond motifs is 1. The van der Waals surface area contributed by atoms with Crippen LogP contribution in [-0.2, 0) is 0 Å². The minimum Gasteiger partial charge on any atom is -0.193 e. The van der Waals surface area contributed by atoms with Crippen LogP contribution in [0.3, 0.4) is 0 Å². The van der Waals surface area contributed by atoms with Crippen molar-refractivity contribution in [1.29, 1.82) is 0 Å². The molecule has 2 rings (SSSR count). The molecule has 5 nitrogen and oxygen atoms in total. The number of rotatable bonds is 0. The molecule has 0 fully saturated rings. The highest BCUT2D eigenvalue weighted by atomic mass is 16.5. The molecule has 0 unspecified atom stereocenters. The van der Waals surface area contributed by atoms with Gasteiger partial charge in [-0.25, -0.2) is 0 Å². The Kier molecular flexibility index (Phi) is 0.996. The molecular weight excluding hydrogens is 132 g/mol. The monoisotopic (exact) mass is 136 g/mol. The van der Waals surface area contributed by atoms with Gasteiger partial charge in [-0.15, -0.1) is 5.21 Å². The fourth-order valence-electron chi connectivity index (χ4n) is 0.754. The lowest BCUT2D eigenvalue weighted by molar-refractivity contribution is 0.0690. The molecule has 1 radical (unpaired) electrons. The van der Waals surface area contributed by atoms with Crippen LogP contribution in [0.25, 0.3) is 0 Å². The molecule has 0 spiro atoms. The third kappa shape index (κ3) is 0.615. The number of aromatic nitrogens is 1.